The highest BCUT2D eigenvalue weighted by molar-refractivity contribution is 6.29. The number of benzene rings is 19. The van der Waals surface area contributed by atoms with E-state index in [-0.39, 0.29) is 0 Å². The van der Waals surface area contributed by atoms with Crippen molar-refractivity contribution in [2.45, 2.75) is 0 Å². The van der Waals surface area contributed by atoms with Crippen molar-refractivity contribution in [3.05, 3.63) is 364 Å². The van der Waals surface area contributed by atoms with Crippen molar-refractivity contribution < 1.29 is 8.83 Å². The zero-order chi connectivity index (χ0) is 66.9. The van der Waals surface area contributed by atoms with Crippen LogP contribution in [0.2, 0.25) is 0 Å². The summed E-state index contributed by atoms with van der Waals surface area (Å²) >= 11 is 0. The van der Waals surface area contributed by atoms with Crippen LogP contribution in [0.15, 0.2) is 373 Å². The minimum absolute atomic E-state index is 0.858. The van der Waals surface area contributed by atoms with E-state index in [0.29, 0.717) is 0 Å². The topological polar surface area (TPSA) is 26.3 Å². The number of hydrogen-bond donors (Lipinski definition) is 0. The summed E-state index contributed by atoms with van der Waals surface area (Å²) in [6.07, 6.45) is 0. The molecule has 0 spiro atoms. The molecule has 21 aromatic rings. The monoisotopic (exact) mass is 1290 g/mol. The lowest BCUT2D eigenvalue weighted by Crippen LogP contribution is -1.94. The molecule has 0 saturated heterocycles. The Bertz CT molecular complexity index is 6960. The van der Waals surface area contributed by atoms with Crippen molar-refractivity contribution >= 4 is 119 Å². The molecule has 0 N–H and O–H groups in total. The number of hydrogen-bond acceptors (Lipinski definition) is 2. The second-order valence-corrected chi connectivity index (χ2v) is 27.1. The third-order valence-corrected chi connectivity index (χ3v) is 21.6. The van der Waals surface area contributed by atoms with E-state index >= 15 is 0 Å². The summed E-state index contributed by atoms with van der Waals surface area (Å²) in [4.78, 5) is 0. The molecule has 102 heavy (non-hydrogen) atoms. The molecule has 2 heterocycles. The molecule has 0 bridgehead atoms. The maximum Gasteiger partial charge on any atom is 0.143 e. The van der Waals surface area contributed by atoms with Gasteiger partial charge in [0.15, 0.2) is 0 Å². The Morgan fingerprint density at radius 2 is 0.549 bits per heavy atom. The van der Waals surface area contributed by atoms with Crippen molar-refractivity contribution in [1.29, 1.82) is 0 Å². The van der Waals surface area contributed by atoms with Crippen molar-refractivity contribution in [2.24, 2.45) is 0 Å². The molecule has 2 aromatic heterocycles. The first kappa shape index (κ1) is 57.6. The first-order chi connectivity index (χ1) is 50.6. The number of furan rings is 2. The van der Waals surface area contributed by atoms with Crippen LogP contribution in [0.25, 0.3) is 219 Å². The molecule has 21 rings (SSSR count). The second-order valence-electron chi connectivity index (χ2n) is 27.1. The van der Waals surface area contributed by atoms with Gasteiger partial charge in [0, 0.05) is 27.1 Å². The smallest absolute Gasteiger partial charge is 0.143 e. The molecule has 0 radical (unpaired) electrons. The predicted octanol–water partition coefficient (Wildman–Crippen LogP) is 28.6. The van der Waals surface area contributed by atoms with Crippen LogP contribution in [0.1, 0.15) is 0 Å². The molecular weight excluding hydrogens is 1230 g/mol. The highest BCUT2D eigenvalue weighted by Gasteiger charge is 2.26. The quantitative estimate of drug-likeness (QED) is 0.135. The van der Waals surface area contributed by atoms with E-state index in [1.807, 2.05) is 0 Å². The molecule has 2 nitrogen and oxygen atoms in total. The predicted molar refractivity (Wildman–Crippen MR) is 432 cm³/mol. The van der Waals surface area contributed by atoms with Gasteiger partial charge in [0.05, 0.1) is 0 Å². The van der Waals surface area contributed by atoms with E-state index in [0.717, 1.165) is 82.8 Å². The van der Waals surface area contributed by atoms with Crippen LogP contribution >= 0.6 is 0 Å². The van der Waals surface area contributed by atoms with Gasteiger partial charge in [0.2, 0.25) is 0 Å². The van der Waals surface area contributed by atoms with Gasteiger partial charge in [-0.05, 0) is 212 Å². The van der Waals surface area contributed by atoms with Crippen LogP contribution < -0.4 is 0 Å². The number of rotatable bonds is 9. The van der Waals surface area contributed by atoms with Gasteiger partial charge in [-0.1, -0.05) is 322 Å². The van der Waals surface area contributed by atoms with Gasteiger partial charge in [-0.15, -0.1) is 0 Å². The Morgan fingerprint density at radius 3 is 1.24 bits per heavy atom. The van der Waals surface area contributed by atoms with Gasteiger partial charge in [-0.3, -0.25) is 0 Å². The van der Waals surface area contributed by atoms with Crippen LogP contribution in [-0.4, -0.2) is 0 Å². The summed E-state index contributed by atoms with van der Waals surface area (Å²) in [6.45, 7) is 0. The summed E-state index contributed by atoms with van der Waals surface area (Å²) in [5.74, 6) is 0. The Kier molecular flexibility index (Phi) is 13.1. The zero-order valence-electron chi connectivity index (χ0n) is 55.5. The molecule has 0 unspecified atom stereocenters. The lowest BCUT2D eigenvalue weighted by atomic mass is 9.82. The van der Waals surface area contributed by atoms with Gasteiger partial charge in [-0.25, -0.2) is 0 Å². The highest BCUT2D eigenvalue weighted by atomic mass is 16.3. The van der Waals surface area contributed by atoms with Crippen molar-refractivity contribution in [3.8, 4) is 100 Å². The molecule has 0 aliphatic rings. The molecule has 0 saturated carbocycles. The van der Waals surface area contributed by atoms with Crippen LogP contribution in [0, 0.1) is 0 Å². The van der Waals surface area contributed by atoms with Crippen LogP contribution in [0.3, 0.4) is 0 Å². The Labute approximate surface area is 588 Å². The number of fused-ring (bicyclic) bond motifs is 13. The van der Waals surface area contributed by atoms with Gasteiger partial charge < -0.3 is 8.83 Å². The fourth-order valence-corrected chi connectivity index (χ4v) is 17.2. The third kappa shape index (κ3) is 9.00. The summed E-state index contributed by atoms with van der Waals surface area (Å²) in [7, 11) is 0. The van der Waals surface area contributed by atoms with E-state index in [2.05, 4.69) is 364 Å². The average Bonchev–Trinajstić information content (AvgIpc) is 1.24. The summed E-state index contributed by atoms with van der Waals surface area (Å²) in [5, 5.41) is 21.2. The van der Waals surface area contributed by atoms with Crippen LogP contribution in [0.5, 0.6) is 0 Å². The Hall–Kier alpha value is -13.4. The minimum atomic E-state index is 0.858. The van der Waals surface area contributed by atoms with E-state index in [1.54, 1.807) is 0 Å². The SMILES string of the molecule is c1cc(-c2ccc3cccc(-c4ccccc4-c4c5ccccc5c(-c5cc(-c6cccc7ccccc67)cc6oc7ccccc7c56)c5ccccc45)c3c2)cc(-c2cccc3c2oc2cccc(-c4c5ccccc5c(-c5ccccc5-c5ccc6ccccc6c5)c5ccccc45)c23)c1. The lowest BCUT2D eigenvalue weighted by molar-refractivity contribution is 0.669. The first-order valence-corrected chi connectivity index (χ1v) is 35.2. The normalized spacial score (nSPS) is 11.9. The summed E-state index contributed by atoms with van der Waals surface area (Å²) in [5.41, 5.74) is 24.5. The molecule has 2 heteroatoms. The van der Waals surface area contributed by atoms with Gasteiger partial charge in [0.1, 0.15) is 22.3 Å². The molecule has 0 fully saturated rings. The highest BCUT2D eigenvalue weighted by Crippen LogP contribution is 2.53. The lowest BCUT2D eigenvalue weighted by Gasteiger charge is -2.21. The molecule has 0 aliphatic carbocycles. The van der Waals surface area contributed by atoms with E-state index < -0.39 is 0 Å². The fourth-order valence-electron chi connectivity index (χ4n) is 17.2. The molecule has 0 aliphatic heterocycles. The fraction of sp³-hybridized carbons (Fsp3) is 0. The van der Waals surface area contributed by atoms with Crippen LogP contribution in [-0.2, 0) is 0 Å². The maximum absolute atomic E-state index is 7.17. The average molecular weight is 1290 g/mol. The standard InChI is InChI=1S/C100H60O2/c1-2-26-64-56-68(55-52-61(64)24-1)71-32-5-7-34-76(71)94-78-36-9-13-40-82(78)96(83-41-14-10-37-79(83)94)87-48-23-51-92-99(87)88-49-22-46-73(100(88)102-92)67-30-19-29-65(57-67)66-54-53-63-28-21-47-75(89(63)58-66)74-33-6-8-35-77(74)95-80-38-11-15-42-84(80)97(85-43-16-12-39-81(85)95)90-59-69(72-45-20-27-62-25-3-4-31-70(62)72)60-93-98(90)86-44-17-18-50-91(86)101-93/h1-60H. The Balaban J connectivity index is 0.687. The van der Waals surface area contributed by atoms with Crippen molar-refractivity contribution in [2.75, 3.05) is 0 Å². The largest absolute Gasteiger partial charge is 0.456 e. The van der Waals surface area contributed by atoms with Gasteiger partial charge in [-0.2, -0.15) is 0 Å². The molecule has 0 atom stereocenters. The summed E-state index contributed by atoms with van der Waals surface area (Å²) in [6, 6.07) is 134. The zero-order valence-corrected chi connectivity index (χ0v) is 55.5. The molecule has 0 amide bonds. The van der Waals surface area contributed by atoms with E-state index in [4.69, 9.17) is 8.83 Å². The summed E-state index contributed by atoms with van der Waals surface area (Å²) < 4.78 is 14.0. The second kappa shape index (κ2) is 23.1. The minimum Gasteiger partial charge on any atom is -0.456 e. The van der Waals surface area contributed by atoms with Crippen LogP contribution in [0.4, 0.5) is 0 Å². The molecule has 19 aromatic carbocycles. The maximum atomic E-state index is 7.17. The van der Waals surface area contributed by atoms with Crippen molar-refractivity contribution in [3.63, 3.8) is 0 Å². The third-order valence-electron chi connectivity index (χ3n) is 21.6. The first-order valence-electron chi connectivity index (χ1n) is 35.2. The Morgan fingerprint density at radius 1 is 0.147 bits per heavy atom. The molecular formula is C100H60O2. The van der Waals surface area contributed by atoms with Gasteiger partial charge in [0.25, 0.3) is 0 Å². The molecule has 472 valence electrons. The van der Waals surface area contributed by atoms with E-state index in [1.165, 1.54) is 137 Å². The number of para-hydroxylation sites is 2. The van der Waals surface area contributed by atoms with E-state index in [9.17, 15) is 0 Å². The van der Waals surface area contributed by atoms with Gasteiger partial charge >= 0.3 is 0 Å². The van der Waals surface area contributed by atoms with Crippen molar-refractivity contribution in [1.82, 2.24) is 0 Å².